The van der Waals surface area contributed by atoms with Gasteiger partial charge in [0, 0.05) is 32.2 Å². The predicted octanol–water partition coefficient (Wildman–Crippen LogP) is 3.09. The Kier molecular flexibility index (Phi) is 7.62. The summed E-state index contributed by atoms with van der Waals surface area (Å²) in [5.41, 5.74) is 0.875. The lowest BCUT2D eigenvalue weighted by Gasteiger charge is -2.53. The zero-order valence-corrected chi connectivity index (χ0v) is 19.0. The van der Waals surface area contributed by atoms with Crippen LogP contribution < -0.4 is 5.32 Å². The van der Waals surface area contributed by atoms with Crippen LogP contribution in [0.4, 0.5) is 4.39 Å². The zero-order valence-electron chi connectivity index (χ0n) is 19.0. The number of nitrogens with one attached hydrogen (secondary N) is 1. The minimum atomic E-state index is -0.243. The van der Waals surface area contributed by atoms with Crippen molar-refractivity contribution in [2.45, 2.75) is 51.5 Å². The normalized spacial score (nSPS) is 30.0. The van der Waals surface area contributed by atoms with Crippen molar-refractivity contribution < 1.29 is 13.9 Å². The molecule has 1 aromatic rings. The average Bonchev–Trinajstić information content (AvgIpc) is 2.82. The number of hydrogen-bond acceptors (Lipinski definition) is 4. The lowest BCUT2D eigenvalue weighted by Crippen LogP contribution is -2.60. The molecule has 31 heavy (non-hydrogen) atoms. The fourth-order valence-electron chi connectivity index (χ4n) is 5.96. The Bertz CT molecular complexity index is 722. The largest absolute Gasteiger partial charge is 0.379 e. The molecule has 0 unspecified atom stereocenters. The fourth-order valence-corrected chi connectivity index (χ4v) is 5.96. The monoisotopic (exact) mass is 431 g/mol. The van der Waals surface area contributed by atoms with E-state index in [4.69, 9.17) is 4.74 Å². The number of carbonyl (C=O) groups excluding carboxylic acids is 1. The van der Waals surface area contributed by atoms with Crippen LogP contribution in [-0.4, -0.2) is 74.2 Å². The highest BCUT2D eigenvalue weighted by Crippen LogP contribution is 2.47. The maximum atomic E-state index is 13.5. The van der Waals surface area contributed by atoms with E-state index in [1.165, 1.54) is 12.1 Å². The highest BCUT2D eigenvalue weighted by molar-refractivity contribution is 5.83. The molecule has 3 fully saturated rings. The van der Waals surface area contributed by atoms with Gasteiger partial charge in [0.1, 0.15) is 5.82 Å². The lowest BCUT2D eigenvalue weighted by molar-refractivity contribution is -0.144. The van der Waals surface area contributed by atoms with Crippen LogP contribution in [0.2, 0.25) is 0 Å². The van der Waals surface area contributed by atoms with E-state index in [2.05, 4.69) is 22.0 Å². The molecule has 1 aliphatic carbocycles. The summed E-state index contributed by atoms with van der Waals surface area (Å²) >= 11 is 0. The van der Waals surface area contributed by atoms with Gasteiger partial charge in [-0.05, 0) is 75.2 Å². The third-order valence-corrected chi connectivity index (χ3v) is 7.86. The average molecular weight is 432 g/mol. The second kappa shape index (κ2) is 10.4. The van der Waals surface area contributed by atoms with Crippen LogP contribution in [0.5, 0.6) is 0 Å². The number of benzene rings is 1. The number of nitrogens with zero attached hydrogens (tertiary/aromatic N) is 2. The first-order valence-corrected chi connectivity index (χ1v) is 12.2. The van der Waals surface area contributed by atoms with Crippen molar-refractivity contribution in [3.05, 3.63) is 35.6 Å². The molecule has 2 saturated heterocycles. The van der Waals surface area contributed by atoms with E-state index in [1.807, 2.05) is 12.1 Å². The topological polar surface area (TPSA) is 44.8 Å². The van der Waals surface area contributed by atoms with Gasteiger partial charge in [-0.1, -0.05) is 19.1 Å². The number of hydrogen-bond donors (Lipinski definition) is 1. The highest BCUT2D eigenvalue weighted by atomic mass is 19.1. The lowest BCUT2D eigenvalue weighted by atomic mass is 9.61. The first-order valence-electron chi connectivity index (χ1n) is 12.2. The van der Waals surface area contributed by atoms with Crippen LogP contribution in [0.25, 0.3) is 0 Å². The van der Waals surface area contributed by atoms with Gasteiger partial charge in [0.15, 0.2) is 0 Å². The Morgan fingerprint density at radius 2 is 1.97 bits per heavy atom. The fraction of sp³-hybridized carbons (Fsp3) is 0.720. The van der Waals surface area contributed by atoms with E-state index in [0.29, 0.717) is 18.5 Å². The summed E-state index contributed by atoms with van der Waals surface area (Å²) in [7, 11) is 0. The molecule has 0 radical (unpaired) electrons. The molecule has 4 rings (SSSR count). The summed E-state index contributed by atoms with van der Waals surface area (Å²) < 4.78 is 18.6. The molecule has 0 aromatic heterocycles. The second-order valence-corrected chi connectivity index (χ2v) is 9.57. The van der Waals surface area contributed by atoms with Gasteiger partial charge < -0.3 is 15.0 Å². The maximum Gasteiger partial charge on any atom is 0.227 e. The first kappa shape index (κ1) is 22.7. The van der Waals surface area contributed by atoms with Crippen molar-refractivity contribution in [3.63, 3.8) is 0 Å². The zero-order chi connectivity index (χ0) is 21.7. The molecule has 0 bridgehead atoms. The Morgan fingerprint density at radius 1 is 1.19 bits per heavy atom. The quantitative estimate of drug-likeness (QED) is 0.674. The van der Waals surface area contributed by atoms with Crippen LogP contribution in [-0.2, 0) is 16.0 Å². The molecule has 1 aromatic carbocycles. The summed E-state index contributed by atoms with van der Waals surface area (Å²) in [6, 6.07) is 7.27. The number of ether oxygens (including phenoxy) is 1. The van der Waals surface area contributed by atoms with E-state index >= 15 is 0 Å². The molecular formula is C25H38FN3O2. The van der Waals surface area contributed by atoms with Gasteiger partial charge in [0.25, 0.3) is 0 Å². The molecule has 3 aliphatic rings. The third kappa shape index (κ3) is 5.29. The third-order valence-electron chi connectivity index (χ3n) is 7.86. The summed E-state index contributed by atoms with van der Waals surface area (Å²) in [5, 5.41) is 3.29. The van der Waals surface area contributed by atoms with E-state index in [-0.39, 0.29) is 17.1 Å². The molecule has 0 spiro atoms. The molecule has 2 aliphatic heterocycles. The maximum absolute atomic E-state index is 13.5. The standard InChI is InChI=1S/C25H38FN3O2/c1-2-28-13-10-21-18-23(29-14-16-31-17-15-29)9-11-25(21,19-28)24(30)27-12-3-4-20-5-7-22(26)8-6-20/h5-8,21,23H,2-4,9-19H2,1H3,(H,27,30)/t21-,23+,25-/m1/s1. The molecule has 172 valence electrons. The van der Waals surface area contributed by atoms with Crippen LogP contribution >= 0.6 is 0 Å². The SMILES string of the molecule is CCN1CC[C@@H]2C[C@@H](N3CCOCC3)CC[C@@]2(C(=O)NCCCc2ccc(F)cc2)C1. The van der Waals surface area contributed by atoms with Gasteiger partial charge in [-0.3, -0.25) is 9.69 Å². The first-order chi connectivity index (χ1) is 15.1. The molecule has 5 nitrogen and oxygen atoms in total. The number of rotatable bonds is 7. The van der Waals surface area contributed by atoms with Crippen molar-refractivity contribution >= 4 is 5.91 Å². The van der Waals surface area contributed by atoms with Crippen molar-refractivity contribution in [3.8, 4) is 0 Å². The molecule has 1 saturated carbocycles. The number of carbonyl (C=O) groups is 1. The van der Waals surface area contributed by atoms with Crippen molar-refractivity contribution in [2.24, 2.45) is 11.3 Å². The second-order valence-electron chi connectivity index (χ2n) is 9.57. The van der Waals surface area contributed by atoms with E-state index in [9.17, 15) is 9.18 Å². The van der Waals surface area contributed by atoms with Crippen LogP contribution in [0, 0.1) is 17.2 Å². The van der Waals surface area contributed by atoms with E-state index < -0.39 is 0 Å². The summed E-state index contributed by atoms with van der Waals surface area (Å²) in [6.45, 7) is 9.64. The number of likely N-dealkylation sites (tertiary alicyclic amines) is 1. The van der Waals surface area contributed by atoms with Gasteiger partial charge in [0.05, 0.1) is 18.6 Å². The predicted molar refractivity (Wildman–Crippen MR) is 120 cm³/mol. The van der Waals surface area contributed by atoms with Gasteiger partial charge in [-0.15, -0.1) is 0 Å². The Balaban J connectivity index is 1.35. The van der Waals surface area contributed by atoms with Crippen LogP contribution in [0.15, 0.2) is 24.3 Å². The van der Waals surface area contributed by atoms with Crippen LogP contribution in [0.3, 0.4) is 0 Å². The summed E-state index contributed by atoms with van der Waals surface area (Å²) in [4.78, 5) is 18.6. The van der Waals surface area contributed by atoms with E-state index in [0.717, 1.165) is 90.0 Å². The smallest absolute Gasteiger partial charge is 0.227 e. The number of aryl methyl sites for hydroxylation is 1. The van der Waals surface area contributed by atoms with Gasteiger partial charge >= 0.3 is 0 Å². The molecule has 2 heterocycles. The molecule has 3 atom stereocenters. The number of fused-ring (bicyclic) bond motifs is 1. The van der Waals surface area contributed by atoms with E-state index in [1.54, 1.807) is 0 Å². The number of morpholine rings is 1. The Labute approximate surface area is 186 Å². The van der Waals surface area contributed by atoms with Crippen molar-refractivity contribution in [2.75, 3.05) is 52.5 Å². The van der Waals surface area contributed by atoms with Crippen molar-refractivity contribution in [1.82, 2.24) is 15.1 Å². The van der Waals surface area contributed by atoms with Crippen LogP contribution in [0.1, 0.15) is 44.6 Å². The minimum absolute atomic E-state index is 0.201. The number of piperidine rings is 1. The number of amides is 1. The molecule has 1 N–H and O–H groups in total. The van der Waals surface area contributed by atoms with Crippen molar-refractivity contribution in [1.29, 1.82) is 0 Å². The van der Waals surface area contributed by atoms with Gasteiger partial charge in [-0.2, -0.15) is 0 Å². The molecule has 6 heteroatoms. The highest BCUT2D eigenvalue weighted by Gasteiger charge is 2.52. The Morgan fingerprint density at radius 3 is 2.71 bits per heavy atom. The Hall–Kier alpha value is -1.50. The molecule has 1 amide bonds. The summed E-state index contributed by atoms with van der Waals surface area (Å²) in [5.74, 6) is 0.525. The van der Waals surface area contributed by atoms with Gasteiger partial charge in [0.2, 0.25) is 5.91 Å². The van der Waals surface area contributed by atoms with Gasteiger partial charge in [-0.25, -0.2) is 4.39 Å². The molecular weight excluding hydrogens is 393 g/mol. The minimum Gasteiger partial charge on any atom is -0.379 e. The summed E-state index contributed by atoms with van der Waals surface area (Å²) in [6.07, 6.45) is 6.10. The number of halogens is 1.